The van der Waals surface area contributed by atoms with Gasteiger partial charge in [0.05, 0.1) is 6.10 Å². The van der Waals surface area contributed by atoms with E-state index in [0.29, 0.717) is 0 Å². The van der Waals surface area contributed by atoms with Crippen LogP contribution < -0.4 is 5.73 Å². The smallest absolute Gasteiger partial charge is 0.0880 e. The number of nitrogen functional groups attached to an aromatic ring is 1. The maximum Gasteiger partial charge on any atom is 0.0880 e. The SMILES string of the molecule is Nc1ccc(C(O)CSC2CCCC2)cc1. The molecule has 3 N–H and O–H groups in total. The van der Waals surface area contributed by atoms with Crippen molar-refractivity contribution in [3.8, 4) is 0 Å². The number of anilines is 1. The first-order chi connectivity index (χ1) is 7.75. The number of aliphatic hydroxyl groups excluding tert-OH is 1. The molecular formula is C13H19NOS. The molecule has 0 saturated heterocycles. The predicted octanol–water partition coefficient (Wildman–Crippen LogP) is 2.98. The summed E-state index contributed by atoms with van der Waals surface area (Å²) in [7, 11) is 0. The van der Waals surface area contributed by atoms with Gasteiger partial charge in [-0.15, -0.1) is 0 Å². The molecule has 1 unspecified atom stereocenters. The van der Waals surface area contributed by atoms with E-state index in [1.54, 1.807) is 0 Å². The topological polar surface area (TPSA) is 46.2 Å². The van der Waals surface area contributed by atoms with Gasteiger partial charge in [-0.05, 0) is 30.5 Å². The Morgan fingerprint density at radius 2 is 1.88 bits per heavy atom. The molecule has 3 heteroatoms. The predicted molar refractivity (Wildman–Crippen MR) is 70.5 cm³/mol. The van der Waals surface area contributed by atoms with E-state index >= 15 is 0 Å². The number of benzene rings is 1. The summed E-state index contributed by atoms with van der Waals surface area (Å²) in [6.07, 6.45) is 5.00. The van der Waals surface area contributed by atoms with Crippen molar-refractivity contribution in [3.05, 3.63) is 29.8 Å². The number of thioether (sulfide) groups is 1. The molecule has 1 saturated carbocycles. The van der Waals surface area contributed by atoms with Crippen molar-refractivity contribution < 1.29 is 5.11 Å². The zero-order valence-electron chi connectivity index (χ0n) is 9.43. The quantitative estimate of drug-likeness (QED) is 0.791. The van der Waals surface area contributed by atoms with Gasteiger partial charge in [0.25, 0.3) is 0 Å². The Balaban J connectivity index is 1.82. The number of hydrogen-bond donors (Lipinski definition) is 2. The molecule has 1 aromatic carbocycles. The number of aliphatic hydroxyl groups is 1. The van der Waals surface area contributed by atoms with Gasteiger partial charge < -0.3 is 10.8 Å². The second-order valence-corrected chi connectivity index (χ2v) is 5.76. The lowest BCUT2D eigenvalue weighted by molar-refractivity contribution is 0.204. The summed E-state index contributed by atoms with van der Waals surface area (Å²) < 4.78 is 0. The summed E-state index contributed by atoms with van der Waals surface area (Å²) in [5.41, 5.74) is 7.33. The van der Waals surface area contributed by atoms with Gasteiger partial charge in [-0.3, -0.25) is 0 Å². The molecule has 0 amide bonds. The Hall–Kier alpha value is -0.670. The summed E-state index contributed by atoms with van der Waals surface area (Å²) in [5.74, 6) is 0.800. The highest BCUT2D eigenvalue weighted by molar-refractivity contribution is 7.99. The van der Waals surface area contributed by atoms with Crippen molar-refractivity contribution >= 4 is 17.4 Å². The molecule has 2 nitrogen and oxygen atoms in total. The molecule has 1 fully saturated rings. The van der Waals surface area contributed by atoms with Gasteiger partial charge in [-0.25, -0.2) is 0 Å². The molecule has 16 heavy (non-hydrogen) atoms. The molecule has 0 bridgehead atoms. The van der Waals surface area contributed by atoms with Crippen LogP contribution >= 0.6 is 11.8 Å². The minimum atomic E-state index is -0.355. The van der Waals surface area contributed by atoms with Crippen LogP contribution in [0.25, 0.3) is 0 Å². The second-order valence-electron chi connectivity index (χ2n) is 4.42. The number of rotatable bonds is 4. The van der Waals surface area contributed by atoms with Crippen LogP contribution in [0.3, 0.4) is 0 Å². The van der Waals surface area contributed by atoms with Crippen LogP contribution in [0.15, 0.2) is 24.3 Å². The Bertz CT molecular complexity index is 319. The molecule has 1 aromatic rings. The van der Waals surface area contributed by atoms with Gasteiger partial charge >= 0.3 is 0 Å². The van der Waals surface area contributed by atoms with Crippen molar-refractivity contribution in [3.63, 3.8) is 0 Å². The van der Waals surface area contributed by atoms with Gasteiger partial charge in [0.15, 0.2) is 0 Å². The van der Waals surface area contributed by atoms with Crippen molar-refractivity contribution in [1.82, 2.24) is 0 Å². The van der Waals surface area contributed by atoms with Crippen LogP contribution in [0.4, 0.5) is 5.69 Å². The lowest BCUT2D eigenvalue weighted by Gasteiger charge is -2.14. The standard InChI is InChI=1S/C13H19NOS/c14-11-7-5-10(6-8-11)13(15)9-16-12-3-1-2-4-12/h5-8,12-13,15H,1-4,9,14H2. The molecule has 0 radical (unpaired) electrons. The zero-order chi connectivity index (χ0) is 11.4. The van der Waals surface area contributed by atoms with Gasteiger partial charge in [0.1, 0.15) is 0 Å². The van der Waals surface area contributed by atoms with Crippen LogP contribution in [0.5, 0.6) is 0 Å². The lowest BCUT2D eigenvalue weighted by atomic mass is 10.1. The summed E-state index contributed by atoms with van der Waals surface area (Å²) in [6.45, 7) is 0. The molecule has 0 aliphatic heterocycles. The fourth-order valence-electron chi connectivity index (χ4n) is 2.10. The zero-order valence-corrected chi connectivity index (χ0v) is 10.2. The van der Waals surface area contributed by atoms with Crippen LogP contribution in [0, 0.1) is 0 Å². The highest BCUT2D eigenvalue weighted by Gasteiger charge is 2.17. The molecule has 1 aliphatic rings. The average Bonchev–Trinajstić information content (AvgIpc) is 2.80. The van der Waals surface area contributed by atoms with E-state index in [9.17, 15) is 5.11 Å². The van der Waals surface area contributed by atoms with E-state index in [0.717, 1.165) is 22.3 Å². The van der Waals surface area contributed by atoms with E-state index < -0.39 is 0 Å². The minimum absolute atomic E-state index is 0.355. The first-order valence-electron chi connectivity index (χ1n) is 5.91. The van der Waals surface area contributed by atoms with Crippen molar-refractivity contribution in [2.45, 2.75) is 37.0 Å². The van der Waals surface area contributed by atoms with Crippen LogP contribution in [0.1, 0.15) is 37.4 Å². The third-order valence-electron chi connectivity index (χ3n) is 3.11. The average molecular weight is 237 g/mol. The molecule has 88 valence electrons. The van der Waals surface area contributed by atoms with E-state index in [2.05, 4.69) is 0 Å². The van der Waals surface area contributed by atoms with Gasteiger partial charge in [-0.1, -0.05) is 25.0 Å². The molecule has 0 spiro atoms. The first-order valence-corrected chi connectivity index (χ1v) is 6.95. The van der Waals surface area contributed by atoms with E-state index in [4.69, 9.17) is 5.73 Å². The Morgan fingerprint density at radius 1 is 1.25 bits per heavy atom. The Kier molecular flexibility index (Phi) is 4.13. The molecular weight excluding hydrogens is 218 g/mol. The summed E-state index contributed by atoms with van der Waals surface area (Å²) in [5, 5.41) is 10.8. The maximum absolute atomic E-state index is 10.0. The van der Waals surface area contributed by atoms with E-state index in [-0.39, 0.29) is 6.10 Å². The van der Waals surface area contributed by atoms with Crippen molar-refractivity contribution in [1.29, 1.82) is 0 Å². The summed E-state index contributed by atoms with van der Waals surface area (Å²) >= 11 is 1.91. The Morgan fingerprint density at radius 3 is 2.50 bits per heavy atom. The van der Waals surface area contributed by atoms with Gasteiger partial charge in [0, 0.05) is 16.7 Å². The monoisotopic (exact) mass is 237 g/mol. The third kappa shape index (κ3) is 3.16. The first kappa shape index (κ1) is 11.8. The number of hydrogen-bond acceptors (Lipinski definition) is 3. The third-order valence-corrected chi connectivity index (χ3v) is 4.56. The fourth-order valence-corrected chi connectivity index (χ4v) is 3.41. The molecule has 2 rings (SSSR count). The normalized spacial score (nSPS) is 18.8. The second kappa shape index (κ2) is 5.60. The maximum atomic E-state index is 10.0. The van der Waals surface area contributed by atoms with E-state index in [1.165, 1.54) is 25.7 Å². The van der Waals surface area contributed by atoms with E-state index in [1.807, 2.05) is 36.0 Å². The highest BCUT2D eigenvalue weighted by atomic mass is 32.2. The lowest BCUT2D eigenvalue weighted by Crippen LogP contribution is -2.05. The fraction of sp³-hybridized carbons (Fsp3) is 0.538. The van der Waals surface area contributed by atoms with Crippen LogP contribution in [0.2, 0.25) is 0 Å². The minimum Gasteiger partial charge on any atom is -0.399 e. The highest BCUT2D eigenvalue weighted by Crippen LogP contribution is 2.32. The van der Waals surface area contributed by atoms with Crippen LogP contribution in [-0.4, -0.2) is 16.1 Å². The molecule has 0 heterocycles. The summed E-state index contributed by atoms with van der Waals surface area (Å²) in [6, 6.07) is 7.52. The van der Waals surface area contributed by atoms with Crippen LogP contribution in [-0.2, 0) is 0 Å². The van der Waals surface area contributed by atoms with Crippen molar-refractivity contribution in [2.24, 2.45) is 0 Å². The largest absolute Gasteiger partial charge is 0.399 e. The number of nitrogens with two attached hydrogens (primary N) is 1. The Labute approximate surface area is 101 Å². The van der Waals surface area contributed by atoms with Gasteiger partial charge in [0.2, 0.25) is 0 Å². The van der Waals surface area contributed by atoms with Crippen molar-refractivity contribution in [2.75, 3.05) is 11.5 Å². The summed E-state index contributed by atoms with van der Waals surface area (Å²) in [4.78, 5) is 0. The van der Waals surface area contributed by atoms with Gasteiger partial charge in [-0.2, -0.15) is 11.8 Å². The molecule has 1 aliphatic carbocycles. The molecule has 0 aromatic heterocycles. The molecule has 1 atom stereocenters.